The van der Waals surface area contributed by atoms with Crippen molar-refractivity contribution >= 4 is 12.4 Å². The topological polar surface area (TPSA) is 151 Å². The number of aromatic nitrogens is 2. The van der Waals surface area contributed by atoms with Crippen LogP contribution in [0.3, 0.4) is 0 Å². The number of ether oxygens (including phenoxy) is 1. The van der Waals surface area contributed by atoms with Gasteiger partial charge in [0, 0.05) is 19.5 Å². The van der Waals surface area contributed by atoms with Crippen molar-refractivity contribution in [2.24, 2.45) is 0 Å². The zero-order valence-corrected chi connectivity index (χ0v) is 17.6. The zero-order chi connectivity index (χ0) is 22.5. The van der Waals surface area contributed by atoms with Crippen LogP contribution in [0.5, 0.6) is 0 Å². The van der Waals surface area contributed by atoms with E-state index in [1.54, 1.807) is 19.9 Å². The molecule has 11 heteroatoms. The molecule has 2 atom stereocenters. The average molecular weight is 436 g/mol. The highest BCUT2D eigenvalue weighted by molar-refractivity contribution is 5.94. The molecule has 0 bridgehead atoms. The molecule has 3 N–H and O–H groups in total. The summed E-state index contributed by atoms with van der Waals surface area (Å²) in [6.07, 6.45) is 4.92. The standard InChI is InChI=1S/C19H26N4O5.CH2O2/c1-13-20-16(28-22-13)9-23-6-4-19(5-7-23)12-18(2,25)15(11-27-19)21-17(24)14-3-8-26-10-14;2-1-3/h3,8,10,15,25H,4-7,9,11-12H2,1-2H3,(H,21,24);1H,(H,2,3)/t15-,18-;/m0./s1. The highest BCUT2D eigenvalue weighted by atomic mass is 16.5. The molecule has 2 aliphatic heterocycles. The zero-order valence-electron chi connectivity index (χ0n) is 17.6. The number of hydrogen-bond acceptors (Lipinski definition) is 9. The van der Waals surface area contributed by atoms with Gasteiger partial charge in [-0.3, -0.25) is 14.5 Å². The van der Waals surface area contributed by atoms with Crippen LogP contribution in [0, 0.1) is 6.92 Å². The lowest BCUT2D eigenvalue weighted by Crippen LogP contribution is -2.63. The van der Waals surface area contributed by atoms with Crippen molar-refractivity contribution in [1.82, 2.24) is 20.4 Å². The largest absolute Gasteiger partial charge is 0.483 e. The summed E-state index contributed by atoms with van der Waals surface area (Å²) in [5, 5.41) is 24.6. The lowest BCUT2D eigenvalue weighted by Gasteiger charge is -2.51. The molecule has 0 aromatic carbocycles. The van der Waals surface area contributed by atoms with Gasteiger partial charge in [-0.05, 0) is 32.8 Å². The summed E-state index contributed by atoms with van der Waals surface area (Å²) in [6, 6.07) is 1.12. The second-order valence-corrected chi connectivity index (χ2v) is 8.18. The van der Waals surface area contributed by atoms with Gasteiger partial charge in [-0.15, -0.1) is 0 Å². The molecule has 0 unspecified atom stereocenters. The van der Waals surface area contributed by atoms with Crippen LogP contribution in [0.4, 0.5) is 0 Å². The van der Waals surface area contributed by atoms with Gasteiger partial charge >= 0.3 is 0 Å². The van der Waals surface area contributed by atoms with Gasteiger partial charge in [0.2, 0.25) is 5.89 Å². The van der Waals surface area contributed by atoms with Gasteiger partial charge in [0.15, 0.2) is 5.82 Å². The molecule has 11 nitrogen and oxygen atoms in total. The normalized spacial score (nSPS) is 25.5. The third-order valence-corrected chi connectivity index (χ3v) is 5.77. The van der Waals surface area contributed by atoms with E-state index in [1.807, 2.05) is 0 Å². The number of carbonyl (C=O) groups is 2. The van der Waals surface area contributed by atoms with Gasteiger partial charge in [-0.25, -0.2) is 0 Å². The minimum Gasteiger partial charge on any atom is -0.483 e. The van der Waals surface area contributed by atoms with Crippen molar-refractivity contribution in [2.45, 2.75) is 56.9 Å². The maximum absolute atomic E-state index is 12.3. The Morgan fingerprint density at radius 3 is 2.68 bits per heavy atom. The Bertz CT molecular complexity index is 857. The number of rotatable bonds is 4. The molecule has 31 heavy (non-hydrogen) atoms. The Hall–Kier alpha value is -2.76. The number of furan rings is 1. The predicted octanol–water partition coefficient (Wildman–Crippen LogP) is 0.976. The van der Waals surface area contributed by atoms with Crippen molar-refractivity contribution in [3.8, 4) is 0 Å². The quantitative estimate of drug-likeness (QED) is 0.591. The highest BCUT2D eigenvalue weighted by Gasteiger charge is 2.49. The number of nitrogens with zero attached hydrogens (tertiary/aromatic N) is 3. The highest BCUT2D eigenvalue weighted by Crippen LogP contribution is 2.39. The lowest BCUT2D eigenvalue weighted by molar-refractivity contribution is -0.186. The average Bonchev–Trinajstić information content (AvgIpc) is 3.38. The third kappa shape index (κ3) is 5.69. The maximum Gasteiger partial charge on any atom is 0.290 e. The van der Waals surface area contributed by atoms with Crippen LogP contribution < -0.4 is 5.32 Å². The summed E-state index contributed by atoms with van der Waals surface area (Å²) in [7, 11) is 0. The molecular weight excluding hydrogens is 408 g/mol. The van der Waals surface area contributed by atoms with Crippen LogP contribution in [0.2, 0.25) is 0 Å². The first-order valence-corrected chi connectivity index (χ1v) is 10.1. The molecule has 1 spiro atoms. The molecule has 0 saturated carbocycles. The summed E-state index contributed by atoms with van der Waals surface area (Å²) in [4.78, 5) is 27.2. The van der Waals surface area contributed by atoms with E-state index < -0.39 is 11.6 Å². The number of likely N-dealkylation sites (tertiary alicyclic amines) is 1. The molecule has 2 aromatic heterocycles. The summed E-state index contributed by atoms with van der Waals surface area (Å²) < 4.78 is 16.3. The number of amides is 1. The Morgan fingerprint density at radius 1 is 1.42 bits per heavy atom. The molecule has 2 aliphatic rings. The number of piperidine rings is 1. The molecule has 0 radical (unpaired) electrons. The minimum absolute atomic E-state index is 0.250. The smallest absolute Gasteiger partial charge is 0.290 e. The second-order valence-electron chi connectivity index (χ2n) is 8.18. The van der Waals surface area contributed by atoms with Crippen LogP contribution >= 0.6 is 0 Å². The predicted molar refractivity (Wildman–Crippen MR) is 106 cm³/mol. The maximum atomic E-state index is 12.3. The third-order valence-electron chi connectivity index (χ3n) is 5.77. The van der Waals surface area contributed by atoms with Crippen LogP contribution in [0.1, 0.15) is 48.3 Å². The molecule has 2 fully saturated rings. The van der Waals surface area contributed by atoms with Crippen molar-refractivity contribution in [3.63, 3.8) is 0 Å². The molecule has 2 saturated heterocycles. The fraction of sp³-hybridized carbons (Fsp3) is 0.600. The number of carboxylic acid groups (broad SMARTS) is 1. The van der Waals surface area contributed by atoms with Crippen LogP contribution in [0.15, 0.2) is 27.5 Å². The SMILES string of the molecule is Cc1noc(CN2CCC3(CC2)C[C@](C)(O)[C@@H](NC(=O)c2ccoc2)CO3)n1.O=CO. The van der Waals surface area contributed by atoms with E-state index in [0.717, 1.165) is 25.9 Å². The van der Waals surface area contributed by atoms with Gasteiger partial charge in [-0.2, -0.15) is 4.98 Å². The van der Waals surface area contributed by atoms with E-state index in [0.29, 0.717) is 30.2 Å². The first-order valence-electron chi connectivity index (χ1n) is 10.1. The Morgan fingerprint density at radius 2 is 2.13 bits per heavy atom. The van der Waals surface area contributed by atoms with E-state index in [4.69, 9.17) is 23.6 Å². The Balaban J connectivity index is 0.000000858. The number of nitrogens with one attached hydrogen (secondary N) is 1. The fourth-order valence-corrected chi connectivity index (χ4v) is 4.13. The molecule has 1 amide bonds. The summed E-state index contributed by atoms with van der Waals surface area (Å²) in [5.41, 5.74) is -0.994. The van der Waals surface area contributed by atoms with Crippen molar-refractivity contribution < 1.29 is 33.5 Å². The monoisotopic (exact) mass is 436 g/mol. The van der Waals surface area contributed by atoms with E-state index in [2.05, 4.69) is 20.4 Å². The van der Waals surface area contributed by atoms with E-state index >= 15 is 0 Å². The van der Waals surface area contributed by atoms with Gasteiger partial charge in [0.05, 0.1) is 42.2 Å². The first kappa shape index (κ1) is 22.9. The number of hydrogen-bond donors (Lipinski definition) is 3. The Kier molecular flexibility index (Phi) is 7.08. The molecule has 170 valence electrons. The number of aliphatic hydroxyl groups is 1. The number of carbonyl (C=O) groups excluding carboxylic acids is 1. The molecule has 4 rings (SSSR count). The van der Waals surface area contributed by atoms with Gasteiger partial charge in [0.25, 0.3) is 12.4 Å². The summed E-state index contributed by atoms with van der Waals surface area (Å²) in [6.45, 7) is 5.87. The van der Waals surface area contributed by atoms with Crippen molar-refractivity contribution in [1.29, 1.82) is 0 Å². The number of aryl methyl sites for hydroxylation is 1. The fourth-order valence-electron chi connectivity index (χ4n) is 4.13. The van der Waals surface area contributed by atoms with Crippen LogP contribution in [-0.2, 0) is 16.1 Å². The molecule has 4 heterocycles. The van der Waals surface area contributed by atoms with Gasteiger partial charge in [0.1, 0.15) is 6.26 Å². The van der Waals surface area contributed by atoms with Crippen LogP contribution in [0.25, 0.3) is 0 Å². The van der Waals surface area contributed by atoms with E-state index in [1.165, 1.54) is 12.5 Å². The summed E-state index contributed by atoms with van der Waals surface area (Å²) in [5.74, 6) is 0.980. The van der Waals surface area contributed by atoms with Crippen molar-refractivity contribution in [2.75, 3.05) is 19.7 Å². The van der Waals surface area contributed by atoms with E-state index in [-0.39, 0.29) is 24.6 Å². The van der Waals surface area contributed by atoms with Gasteiger partial charge < -0.3 is 29.2 Å². The van der Waals surface area contributed by atoms with Gasteiger partial charge in [-0.1, -0.05) is 5.16 Å². The second kappa shape index (κ2) is 9.58. The summed E-state index contributed by atoms with van der Waals surface area (Å²) >= 11 is 0. The minimum atomic E-state index is -1.05. The molecular formula is C20H28N4O7. The van der Waals surface area contributed by atoms with Crippen LogP contribution in [-0.4, -0.2) is 74.6 Å². The van der Waals surface area contributed by atoms with E-state index in [9.17, 15) is 9.90 Å². The lowest BCUT2D eigenvalue weighted by atomic mass is 9.75. The molecule has 0 aliphatic carbocycles. The molecule has 2 aromatic rings. The van der Waals surface area contributed by atoms with Crippen molar-refractivity contribution in [3.05, 3.63) is 35.9 Å². The first-order chi connectivity index (χ1) is 14.8. The Labute approximate surface area is 179 Å².